The van der Waals surface area contributed by atoms with Gasteiger partial charge in [-0.3, -0.25) is 37.4 Å². The Morgan fingerprint density at radius 2 is 0.933 bits per heavy atom. The molecule has 0 saturated heterocycles. The van der Waals surface area contributed by atoms with Gasteiger partial charge < -0.3 is 30.2 Å². The molecule has 328 valence electrons. The van der Waals surface area contributed by atoms with Gasteiger partial charge in [0.1, 0.15) is 24.8 Å². The zero-order chi connectivity index (χ0) is 45.4. The second-order valence-electron chi connectivity index (χ2n) is 14.8. The van der Waals surface area contributed by atoms with Gasteiger partial charge in [-0.2, -0.15) is 9.98 Å². The summed E-state index contributed by atoms with van der Waals surface area (Å²) in [6.45, 7) is 9.61. The summed E-state index contributed by atoms with van der Waals surface area (Å²) in [6, 6.07) is 2.97. The number of nitrogens with one attached hydrogen (secondary N) is 2. The van der Waals surface area contributed by atoms with E-state index in [0.717, 1.165) is 56.1 Å². The molecule has 26 heteroatoms. The van der Waals surface area contributed by atoms with Crippen molar-refractivity contribution in [2.24, 2.45) is 20.8 Å². The van der Waals surface area contributed by atoms with E-state index >= 15 is 0 Å². The number of rotatable bonds is 12. The number of phosphoric ester groups is 2. The van der Waals surface area contributed by atoms with E-state index < -0.39 is 98.5 Å². The number of hydrogen-bond acceptors (Lipinski definition) is 10. The van der Waals surface area contributed by atoms with Crippen LogP contribution in [0.2, 0.25) is 0 Å². The lowest BCUT2D eigenvalue weighted by Crippen LogP contribution is -2.21. The molecule has 6 N–H and O–H groups in total. The third kappa shape index (κ3) is 16.9. The zero-order valence-electron chi connectivity index (χ0n) is 32.5. The van der Waals surface area contributed by atoms with Crippen LogP contribution >= 0.6 is 38.3 Å². The highest BCUT2D eigenvalue weighted by Gasteiger charge is 2.23. The van der Waals surface area contributed by atoms with Crippen molar-refractivity contribution in [3.8, 4) is 0 Å². The van der Waals surface area contributed by atoms with E-state index in [4.69, 9.17) is 19.6 Å². The quantitative estimate of drug-likeness (QED) is 0.0704. The first-order chi connectivity index (χ1) is 27.5. The smallest absolute Gasteiger partial charge is 0.321 e. The third-order valence-corrected chi connectivity index (χ3v) is 9.43. The van der Waals surface area contributed by atoms with Crippen LogP contribution in [0.1, 0.15) is 75.1 Å². The molecule has 18 nitrogen and oxygen atoms in total. The molecule has 0 unspecified atom stereocenters. The molecule has 0 bridgehead atoms. The van der Waals surface area contributed by atoms with Gasteiger partial charge in [0.2, 0.25) is 11.8 Å². The van der Waals surface area contributed by atoms with Crippen molar-refractivity contribution >= 4 is 73.3 Å². The third-order valence-electron chi connectivity index (χ3n) is 6.93. The molecular weight excluding hydrogens is 886 g/mol. The predicted octanol–water partition coefficient (Wildman–Crippen LogP) is 6.02. The van der Waals surface area contributed by atoms with Crippen LogP contribution in [0.25, 0.3) is 0 Å². The first-order valence-corrected chi connectivity index (χ1v) is 21.8. The minimum atomic E-state index is -4.74. The zero-order valence-corrected chi connectivity index (χ0v) is 35.9. The van der Waals surface area contributed by atoms with Crippen LogP contribution in [0, 0.1) is 34.1 Å². The Balaban J connectivity index is 0.000000320. The number of benzene rings is 2. The summed E-state index contributed by atoms with van der Waals surface area (Å²) in [7, 11) is -9.48. The Kier molecular flexibility index (Phi) is 16.9. The van der Waals surface area contributed by atoms with Crippen LogP contribution in [0.3, 0.4) is 0 Å². The molecule has 60 heavy (non-hydrogen) atoms. The van der Waals surface area contributed by atoms with E-state index in [0.29, 0.717) is 0 Å². The number of halogens is 4. The molecular formula is C34H40F4N6O12P2S2. The Morgan fingerprint density at radius 3 is 1.20 bits per heavy atom. The maximum atomic E-state index is 14.3. The average molecular weight is 927 g/mol. The molecule has 2 aromatic heterocycles. The van der Waals surface area contributed by atoms with Gasteiger partial charge in [-0.1, -0.05) is 41.5 Å². The summed E-state index contributed by atoms with van der Waals surface area (Å²) in [6.07, 6.45) is 2.80. The highest BCUT2D eigenvalue weighted by Crippen LogP contribution is 2.36. The number of hydrogen-bond donors (Lipinski definition) is 6. The summed E-state index contributed by atoms with van der Waals surface area (Å²) in [5.74, 6) is -7.69. The topological polar surface area (TPSA) is 260 Å². The molecule has 4 aromatic rings. The monoisotopic (exact) mass is 926 g/mol. The first kappa shape index (κ1) is 49.9. The van der Waals surface area contributed by atoms with Crippen molar-refractivity contribution in [3.05, 3.63) is 91.4 Å². The molecule has 0 spiro atoms. The Hall–Kier alpha value is -4.48. The number of phosphoric acid groups is 2. The number of thiazole rings is 2. The van der Waals surface area contributed by atoms with E-state index in [9.17, 15) is 45.9 Å². The van der Waals surface area contributed by atoms with E-state index in [1.54, 1.807) is 41.5 Å². The minimum absolute atomic E-state index is 0.00294. The lowest BCUT2D eigenvalue weighted by molar-refractivity contribution is -0.118. The number of amides is 4. The normalized spacial score (nSPS) is 12.8. The van der Waals surface area contributed by atoms with Gasteiger partial charge in [0.25, 0.3) is 11.8 Å². The van der Waals surface area contributed by atoms with Crippen LogP contribution in [0.4, 0.5) is 28.9 Å². The number of carbonyl (C=O) groups is 4. The highest BCUT2D eigenvalue weighted by atomic mass is 32.1. The van der Waals surface area contributed by atoms with Gasteiger partial charge in [0, 0.05) is 47.1 Å². The molecule has 0 radical (unpaired) electrons. The van der Waals surface area contributed by atoms with E-state index in [-0.39, 0.29) is 33.3 Å². The SMILES string of the molecule is CC(C)(C)CC(=O)Nc1c(F)cc(C(=O)N=c2sccn2COP(=O)(O)O)cc1F.CC(C)(C)CC(=O)Nc1c(F)cc(C(=O)N=c2sccn2COP(=O)(O)O)cc1F. The minimum Gasteiger partial charge on any atom is -0.321 e. The number of carbonyl (C=O) groups excluding carboxylic acids is 4. The molecule has 2 heterocycles. The fraction of sp³-hybridized carbons (Fsp3) is 0.353. The van der Waals surface area contributed by atoms with Gasteiger partial charge in [0.05, 0.1) is 0 Å². The van der Waals surface area contributed by atoms with E-state index in [1.165, 1.54) is 23.2 Å². The van der Waals surface area contributed by atoms with Crippen molar-refractivity contribution in [3.63, 3.8) is 0 Å². The van der Waals surface area contributed by atoms with E-state index in [1.807, 2.05) is 0 Å². The summed E-state index contributed by atoms with van der Waals surface area (Å²) < 4.78 is 89.8. The van der Waals surface area contributed by atoms with Gasteiger partial charge in [0.15, 0.2) is 32.9 Å². The first-order valence-electron chi connectivity index (χ1n) is 16.9. The van der Waals surface area contributed by atoms with E-state index in [2.05, 4.69) is 29.7 Å². The molecule has 2 aromatic carbocycles. The van der Waals surface area contributed by atoms with Crippen molar-refractivity contribution in [2.45, 2.75) is 67.8 Å². The predicted molar refractivity (Wildman–Crippen MR) is 209 cm³/mol. The second-order valence-corrected chi connectivity index (χ2v) is 19.1. The summed E-state index contributed by atoms with van der Waals surface area (Å²) in [5, 5.41) is 7.28. The molecule has 0 saturated carbocycles. The molecule has 0 fully saturated rings. The van der Waals surface area contributed by atoms with Gasteiger partial charge in [-0.05, 0) is 35.1 Å². The maximum absolute atomic E-state index is 14.3. The molecule has 0 aliphatic rings. The summed E-state index contributed by atoms with van der Waals surface area (Å²) >= 11 is 1.89. The molecule has 0 aliphatic heterocycles. The van der Waals surface area contributed by atoms with Gasteiger partial charge in [-0.15, -0.1) is 22.7 Å². The van der Waals surface area contributed by atoms with Crippen LogP contribution < -0.4 is 20.2 Å². The molecule has 0 atom stereocenters. The van der Waals surface area contributed by atoms with Crippen molar-refractivity contribution in [1.29, 1.82) is 0 Å². The molecule has 0 aliphatic carbocycles. The number of nitrogens with zero attached hydrogens (tertiary/aromatic N) is 4. The van der Waals surface area contributed by atoms with Crippen molar-refractivity contribution in [2.75, 3.05) is 10.6 Å². The van der Waals surface area contributed by atoms with Crippen molar-refractivity contribution < 1.29 is 74.5 Å². The Morgan fingerprint density at radius 1 is 0.633 bits per heavy atom. The summed E-state index contributed by atoms with van der Waals surface area (Å²) in [4.78, 5) is 90.9. The van der Waals surface area contributed by atoms with Gasteiger partial charge >= 0.3 is 15.6 Å². The Labute approximate surface area is 346 Å². The number of anilines is 2. The Bertz CT molecular complexity index is 2260. The molecule has 4 rings (SSSR count). The second kappa shape index (κ2) is 20.4. The summed E-state index contributed by atoms with van der Waals surface area (Å²) in [5.41, 5.74) is -2.91. The maximum Gasteiger partial charge on any atom is 0.471 e. The van der Waals surface area contributed by atoms with Crippen molar-refractivity contribution in [1.82, 2.24) is 9.13 Å². The average Bonchev–Trinajstić information content (AvgIpc) is 3.72. The van der Waals surface area contributed by atoms with Gasteiger partial charge in [-0.25, -0.2) is 26.7 Å². The fourth-order valence-electron chi connectivity index (χ4n) is 4.51. The van der Waals surface area contributed by atoms with Crippen LogP contribution in [0.15, 0.2) is 57.4 Å². The lowest BCUT2D eigenvalue weighted by atomic mass is 9.92. The van der Waals surface area contributed by atoms with Crippen LogP contribution in [0.5, 0.6) is 0 Å². The highest BCUT2D eigenvalue weighted by molar-refractivity contribution is 7.46. The van der Waals surface area contributed by atoms with Crippen LogP contribution in [-0.4, -0.2) is 52.3 Å². The largest absolute Gasteiger partial charge is 0.471 e. The standard InChI is InChI=1S/2C17H20F2N3O6PS/c2*1-17(2,3)8-13(23)20-14-11(18)6-10(7-12(14)19)15(24)21-16-22(4-5-30-16)9-28-29(25,26)27/h2*4-7H,8-9H2,1-3H3,(H,20,23)(H2,25,26,27). The van der Waals surface area contributed by atoms with Crippen LogP contribution in [-0.2, 0) is 41.2 Å². The fourth-order valence-corrected chi connectivity index (χ4v) is 6.49. The number of aromatic nitrogens is 2. The lowest BCUT2D eigenvalue weighted by Gasteiger charge is -2.17. The molecule has 4 amide bonds.